The average molecular weight is 352 g/mol. The summed E-state index contributed by atoms with van der Waals surface area (Å²) in [6.45, 7) is 0.562. The van der Waals surface area contributed by atoms with Crippen LogP contribution in [0.3, 0.4) is 0 Å². The maximum absolute atomic E-state index is 13.8. The monoisotopic (exact) mass is 352 g/mol. The SMILES string of the molecule is O=C(c1ccnc(Nc2c(F)cccc2F)n1)N1CCc2ccccc21. The highest BCUT2D eigenvalue weighted by atomic mass is 19.1. The Morgan fingerprint density at radius 2 is 1.81 bits per heavy atom. The zero-order valence-electron chi connectivity index (χ0n) is 13.6. The minimum Gasteiger partial charge on any atom is -0.319 e. The van der Waals surface area contributed by atoms with Gasteiger partial charge in [-0.1, -0.05) is 24.3 Å². The zero-order valence-corrected chi connectivity index (χ0v) is 13.6. The molecule has 5 nitrogen and oxygen atoms in total. The van der Waals surface area contributed by atoms with Gasteiger partial charge in [-0.2, -0.15) is 0 Å². The van der Waals surface area contributed by atoms with Gasteiger partial charge in [-0.3, -0.25) is 4.79 Å². The van der Waals surface area contributed by atoms with E-state index in [1.165, 1.54) is 18.3 Å². The molecular weight excluding hydrogens is 338 g/mol. The molecule has 2 aromatic carbocycles. The largest absolute Gasteiger partial charge is 0.319 e. The third-order valence-electron chi connectivity index (χ3n) is 4.21. The summed E-state index contributed by atoms with van der Waals surface area (Å²) in [6, 6.07) is 12.7. The molecule has 4 rings (SSSR count). The van der Waals surface area contributed by atoms with Gasteiger partial charge in [-0.25, -0.2) is 18.7 Å². The molecule has 0 unspecified atom stereocenters. The molecule has 2 heterocycles. The molecule has 0 saturated carbocycles. The fourth-order valence-corrected chi connectivity index (χ4v) is 2.95. The number of carbonyl (C=O) groups is 1. The van der Waals surface area contributed by atoms with Gasteiger partial charge < -0.3 is 10.2 Å². The lowest BCUT2D eigenvalue weighted by Crippen LogP contribution is -2.29. The minimum atomic E-state index is -0.765. The van der Waals surface area contributed by atoms with Crippen molar-refractivity contribution in [3.8, 4) is 0 Å². The van der Waals surface area contributed by atoms with E-state index in [0.29, 0.717) is 6.54 Å². The van der Waals surface area contributed by atoms with Crippen LogP contribution in [-0.2, 0) is 6.42 Å². The van der Waals surface area contributed by atoms with Gasteiger partial charge in [0.05, 0.1) is 0 Å². The summed E-state index contributed by atoms with van der Waals surface area (Å²) < 4.78 is 27.5. The molecule has 1 N–H and O–H groups in total. The van der Waals surface area contributed by atoms with Crippen LogP contribution in [0.4, 0.5) is 26.1 Å². The van der Waals surface area contributed by atoms with Gasteiger partial charge in [0.2, 0.25) is 5.95 Å². The number of benzene rings is 2. The van der Waals surface area contributed by atoms with Crippen LogP contribution in [0.1, 0.15) is 16.1 Å². The standard InChI is InChI=1S/C19H14F2N4O/c20-13-5-3-6-14(21)17(13)24-19-22-10-8-15(23-19)18(26)25-11-9-12-4-1-2-7-16(12)25/h1-8,10H,9,11H2,(H,22,23,24). The normalized spacial score (nSPS) is 12.8. The van der Waals surface area contributed by atoms with Crippen molar-refractivity contribution in [1.29, 1.82) is 0 Å². The van der Waals surface area contributed by atoms with Crippen LogP contribution in [-0.4, -0.2) is 22.4 Å². The highest BCUT2D eigenvalue weighted by Gasteiger charge is 2.26. The molecule has 0 fully saturated rings. The molecule has 0 radical (unpaired) electrons. The lowest BCUT2D eigenvalue weighted by Gasteiger charge is -2.17. The number of halogens is 2. The molecule has 0 spiro atoms. The van der Waals surface area contributed by atoms with Gasteiger partial charge in [-0.05, 0) is 36.2 Å². The number of rotatable bonds is 3. The molecule has 26 heavy (non-hydrogen) atoms. The quantitative estimate of drug-likeness (QED) is 0.781. The second kappa shape index (κ2) is 6.51. The number of nitrogens with zero attached hydrogens (tertiary/aromatic N) is 3. The van der Waals surface area contributed by atoms with E-state index in [1.807, 2.05) is 24.3 Å². The van der Waals surface area contributed by atoms with Crippen molar-refractivity contribution in [1.82, 2.24) is 9.97 Å². The number of hydrogen-bond acceptors (Lipinski definition) is 4. The third-order valence-corrected chi connectivity index (χ3v) is 4.21. The second-order valence-corrected chi connectivity index (χ2v) is 5.82. The van der Waals surface area contributed by atoms with Gasteiger partial charge in [0.1, 0.15) is 23.0 Å². The van der Waals surface area contributed by atoms with Crippen LogP contribution < -0.4 is 10.2 Å². The summed E-state index contributed by atoms with van der Waals surface area (Å²) in [5.41, 5.74) is 1.74. The molecule has 1 amide bonds. The Morgan fingerprint density at radius 1 is 1.04 bits per heavy atom. The molecule has 1 aromatic heterocycles. The Balaban J connectivity index is 1.61. The molecule has 0 bridgehead atoms. The highest BCUT2D eigenvalue weighted by molar-refractivity contribution is 6.06. The lowest BCUT2D eigenvalue weighted by molar-refractivity contribution is 0.0984. The summed E-state index contributed by atoms with van der Waals surface area (Å²) in [4.78, 5) is 22.5. The summed E-state index contributed by atoms with van der Waals surface area (Å²) >= 11 is 0. The third kappa shape index (κ3) is 2.88. The molecule has 0 atom stereocenters. The van der Waals surface area contributed by atoms with Crippen LogP contribution >= 0.6 is 0 Å². The van der Waals surface area contributed by atoms with E-state index < -0.39 is 11.6 Å². The Bertz CT molecular complexity index is 973. The van der Waals surface area contributed by atoms with Crippen LogP contribution in [0.25, 0.3) is 0 Å². The Morgan fingerprint density at radius 3 is 2.62 bits per heavy atom. The first-order valence-electron chi connectivity index (χ1n) is 8.07. The van der Waals surface area contributed by atoms with Crippen molar-refractivity contribution < 1.29 is 13.6 Å². The summed E-state index contributed by atoms with van der Waals surface area (Å²) in [7, 11) is 0. The Kier molecular flexibility index (Phi) is 4.04. The molecule has 0 aliphatic carbocycles. The number of nitrogens with one attached hydrogen (secondary N) is 1. The van der Waals surface area contributed by atoms with Crippen molar-refractivity contribution >= 4 is 23.2 Å². The molecule has 130 valence electrons. The van der Waals surface area contributed by atoms with E-state index in [4.69, 9.17) is 0 Å². The van der Waals surface area contributed by atoms with E-state index in [-0.39, 0.29) is 23.2 Å². The number of carbonyl (C=O) groups excluding carboxylic acids is 1. The highest BCUT2D eigenvalue weighted by Crippen LogP contribution is 2.29. The van der Waals surface area contributed by atoms with Crippen LogP contribution in [0.2, 0.25) is 0 Å². The molecule has 1 aliphatic rings. The summed E-state index contributed by atoms with van der Waals surface area (Å²) in [5.74, 6) is -1.86. The predicted octanol–water partition coefficient (Wildman–Crippen LogP) is 3.70. The first kappa shape index (κ1) is 16.1. The number of fused-ring (bicyclic) bond motifs is 1. The van der Waals surface area contributed by atoms with Crippen molar-refractivity contribution in [2.45, 2.75) is 6.42 Å². The van der Waals surface area contributed by atoms with E-state index in [1.54, 1.807) is 4.90 Å². The first-order valence-corrected chi connectivity index (χ1v) is 8.07. The van der Waals surface area contributed by atoms with Gasteiger partial charge in [-0.15, -0.1) is 0 Å². The topological polar surface area (TPSA) is 58.1 Å². The van der Waals surface area contributed by atoms with Crippen molar-refractivity contribution in [3.63, 3.8) is 0 Å². The second-order valence-electron chi connectivity index (χ2n) is 5.82. The van der Waals surface area contributed by atoms with Gasteiger partial charge >= 0.3 is 0 Å². The predicted molar refractivity (Wildman–Crippen MR) is 93.5 cm³/mol. The smallest absolute Gasteiger partial charge is 0.277 e. The van der Waals surface area contributed by atoms with E-state index in [0.717, 1.165) is 29.8 Å². The van der Waals surface area contributed by atoms with Gasteiger partial charge in [0.15, 0.2) is 0 Å². The first-order chi connectivity index (χ1) is 12.6. The maximum atomic E-state index is 13.8. The summed E-state index contributed by atoms with van der Waals surface area (Å²) in [5, 5.41) is 2.50. The summed E-state index contributed by atoms with van der Waals surface area (Å²) in [6.07, 6.45) is 2.15. The lowest BCUT2D eigenvalue weighted by atomic mass is 10.2. The van der Waals surface area contributed by atoms with E-state index >= 15 is 0 Å². The Hall–Kier alpha value is -3.35. The molecule has 7 heteroatoms. The Labute approximate surface area is 148 Å². The van der Waals surface area contributed by atoms with E-state index in [9.17, 15) is 13.6 Å². The number of para-hydroxylation sites is 2. The van der Waals surface area contributed by atoms with E-state index in [2.05, 4.69) is 15.3 Å². The molecule has 3 aromatic rings. The average Bonchev–Trinajstić information content (AvgIpc) is 3.09. The molecule has 1 aliphatic heterocycles. The van der Waals surface area contributed by atoms with Crippen LogP contribution in [0, 0.1) is 11.6 Å². The number of hydrogen-bond donors (Lipinski definition) is 1. The van der Waals surface area contributed by atoms with Gasteiger partial charge in [0.25, 0.3) is 5.91 Å². The number of anilines is 3. The molecular formula is C19H14F2N4O. The van der Waals surface area contributed by atoms with Crippen molar-refractivity contribution in [3.05, 3.63) is 77.6 Å². The van der Waals surface area contributed by atoms with Crippen LogP contribution in [0.15, 0.2) is 54.7 Å². The van der Waals surface area contributed by atoms with Gasteiger partial charge in [0, 0.05) is 18.4 Å². The fourth-order valence-electron chi connectivity index (χ4n) is 2.95. The minimum absolute atomic E-state index is 0.0488. The fraction of sp³-hybridized carbons (Fsp3) is 0.105. The molecule has 0 saturated heterocycles. The van der Waals surface area contributed by atoms with Crippen molar-refractivity contribution in [2.75, 3.05) is 16.8 Å². The zero-order chi connectivity index (χ0) is 18.1. The van der Waals surface area contributed by atoms with Crippen LogP contribution in [0.5, 0.6) is 0 Å². The number of aromatic nitrogens is 2. The maximum Gasteiger partial charge on any atom is 0.277 e. The van der Waals surface area contributed by atoms with Crippen molar-refractivity contribution in [2.24, 2.45) is 0 Å². The number of amides is 1.